The van der Waals surface area contributed by atoms with Gasteiger partial charge in [-0.1, -0.05) is 39.8 Å². The molecule has 0 spiro atoms. The number of likely N-dealkylation sites (tertiary alicyclic amines) is 1. The van der Waals surface area contributed by atoms with Crippen molar-refractivity contribution in [1.82, 2.24) is 15.2 Å². The van der Waals surface area contributed by atoms with E-state index in [1.54, 1.807) is 18.4 Å². The van der Waals surface area contributed by atoms with Gasteiger partial charge in [0.2, 0.25) is 5.91 Å². The van der Waals surface area contributed by atoms with E-state index in [-0.39, 0.29) is 23.3 Å². The van der Waals surface area contributed by atoms with Crippen LogP contribution in [0.5, 0.6) is 0 Å². The first-order valence-corrected chi connectivity index (χ1v) is 12.7. The molecule has 1 aromatic heterocycles. The van der Waals surface area contributed by atoms with Crippen molar-refractivity contribution < 1.29 is 9.90 Å². The predicted octanol–water partition coefficient (Wildman–Crippen LogP) is 4.45. The molecular weight excluding hydrogens is 418 g/mol. The highest BCUT2D eigenvalue weighted by molar-refractivity contribution is 7.10. The van der Waals surface area contributed by atoms with Crippen molar-refractivity contribution in [1.29, 1.82) is 0 Å². The maximum absolute atomic E-state index is 12.5. The van der Waals surface area contributed by atoms with Gasteiger partial charge in [0.05, 0.1) is 17.3 Å². The van der Waals surface area contributed by atoms with E-state index in [9.17, 15) is 9.90 Å². The SMILES string of the molecule is CNC(CO)C(=O)N1CCC(c2nc(-c3ccc4c(c3)C(C)(C)CCC4(C)C)cs2)CC1. The van der Waals surface area contributed by atoms with E-state index in [4.69, 9.17) is 4.98 Å². The van der Waals surface area contributed by atoms with Crippen LogP contribution in [-0.4, -0.2) is 53.7 Å². The lowest BCUT2D eigenvalue weighted by Gasteiger charge is -2.42. The molecule has 2 heterocycles. The zero-order chi connectivity index (χ0) is 23.1. The van der Waals surface area contributed by atoms with Gasteiger partial charge in [-0.15, -0.1) is 11.3 Å². The molecule has 0 bridgehead atoms. The molecule has 2 N–H and O–H groups in total. The second-order valence-corrected chi connectivity index (χ2v) is 11.6. The Balaban J connectivity index is 1.49. The summed E-state index contributed by atoms with van der Waals surface area (Å²) in [6, 6.07) is 6.45. The largest absolute Gasteiger partial charge is 0.394 e. The summed E-state index contributed by atoms with van der Waals surface area (Å²) in [7, 11) is 1.71. The lowest BCUT2D eigenvalue weighted by molar-refractivity contribution is -0.135. The van der Waals surface area contributed by atoms with Gasteiger partial charge in [-0.3, -0.25) is 4.79 Å². The zero-order valence-electron chi connectivity index (χ0n) is 20.1. The summed E-state index contributed by atoms with van der Waals surface area (Å²) >= 11 is 1.75. The van der Waals surface area contributed by atoms with Crippen LogP contribution in [0.4, 0.5) is 0 Å². The molecule has 6 heteroatoms. The molecule has 1 atom stereocenters. The van der Waals surface area contributed by atoms with Crippen molar-refractivity contribution in [2.75, 3.05) is 26.7 Å². The number of carbonyl (C=O) groups excluding carboxylic acids is 1. The molecule has 1 saturated heterocycles. The Hall–Kier alpha value is -1.76. The van der Waals surface area contributed by atoms with Crippen LogP contribution in [-0.2, 0) is 15.6 Å². The number of fused-ring (bicyclic) bond motifs is 1. The first-order valence-electron chi connectivity index (χ1n) is 11.8. The minimum Gasteiger partial charge on any atom is -0.394 e. The summed E-state index contributed by atoms with van der Waals surface area (Å²) in [6.07, 6.45) is 4.28. The van der Waals surface area contributed by atoms with Crippen LogP contribution in [0, 0.1) is 0 Å². The number of benzene rings is 1. The molecule has 174 valence electrons. The number of hydrogen-bond acceptors (Lipinski definition) is 5. The molecule has 1 aromatic carbocycles. The fraction of sp³-hybridized carbons (Fsp3) is 0.615. The molecule has 2 aromatic rings. The Kier molecular flexibility index (Phi) is 6.49. The Morgan fingerprint density at radius 2 is 1.84 bits per heavy atom. The van der Waals surface area contributed by atoms with E-state index in [0.29, 0.717) is 5.92 Å². The van der Waals surface area contributed by atoms with Crippen molar-refractivity contribution in [3.8, 4) is 11.3 Å². The van der Waals surface area contributed by atoms with Gasteiger partial charge in [0, 0.05) is 30.0 Å². The Morgan fingerprint density at radius 1 is 1.19 bits per heavy atom. The summed E-state index contributed by atoms with van der Waals surface area (Å²) < 4.78 is 0. The number of thiazole rings is 1. The minimum absolute atomic E-state index is 0.00660. The summed E-state index contributed by atoms with van der Waals surface area (Å²) in [6.45, 7) is 10.7. The fourth-order valence-corrected chi connectivity index (χ4v) is 6.22. The highest BCUT2D eigenvalue weighted by atomic mass is 32.1. The quantitative estimate of drug-likeness (QED) is 0.699. The molecule has 4 rings (SSSR count). The van der Waals surface area contributed by atoms with E-state index in [2.05, 4.69) is 56.6 Å². The topological polar surface area (TPSA) is 65.5 Å². The number of amides is 1. The Bertz CT molecular complexity index is 969. The van der Waals surface area contributed by atoms with Gasteiger partial charge in [-0.05, 0) is 60.8 Å². The number of nitrogens with zero attached hydrogens (tertiary/aromatic N) is 2. The third kappa shape index (κ3) is 4.37. The van der Waals surface area contributed by atoms with E-state index in [0.717, 1.165) is 31.6 Å². The van der Waals surface area contributed by atoms with Crippen LogP contribution in [0.1, 0.15) is 75.4 Å². The monoisotopic (exact) mass is 455 g/mol. The number of nitrogens with one attached hydrogen (secondary N) is 1. The van der Waals surface area contributed by atoms with Gasteiger partial charge in [-0.25, -0.2) is 4.98 Å². The number of piperidine rings is 1. The maximum atomic E-state index is 12.5. The fourth-order valence-electron chi connectivity index (χ4n) is 5.22. The summed E-state index contributed by atoms with van der Waals surface area (Å²) in [5, 5.41) is 15.6. The van der Waals surface area contributed by atoms with Crippen LogP contribution in [0.2, 0.25) is 0 Å². The lowest BCUT2D eigenvalue weighted by Crippen LogP contribution is -2.49. The average Bonchev–Trinajstić information content (AvgIpc) is 3.28. The molecule has 1 aliphatic heterocycles. The lowest BCUT2D eigenvalue weighted by atomic mass is 9.63. The minimum atomic E-state index is -0.503. The second kappa shape index (κ2) is 8.88. The van der Waals surface area contributed by atoms with Gasteiger partial charge in [0.15, 0.2) is 0 Å². The van der Waals surface area contributed by atoms with Crippen LogP contribution >= 0.6 is 11.3 Å². The molecular formula is C26H37N3O2S. The van der Waals surface area contributed by atoms with E-state index in [1.807, 2.05) is 4.90 Å². The number of likely N-dealkylation sites (N-methyl/N-ethyl adjacent to an activating group) is 1. The maximum Gasteiger partial charge on any atom is 0.242 e. The van der Waals surface area contributed by atoms with Gasteiger partial charge in [-0.2, -0.15) is 0 Å². The van der Waals surface area contributed by atoms with Gasteiger partial charge < -0.3 is 15.3 Å². The third-order valence-corrected chi connectivity index (χ3v) is 8.66. The van der Waals surface area contributed by atoms with Crippen molar-refractivity contribution >= 4 is 17.2 Å². The van der Waals surface area contributed by atoms with Crippen LogP contribution in [0.25, 0.3) is 11.3 Å². The predicted molar refractivity (Wildman–Crippen MR) is 131 cm³/mol. The Morgan fingerprint density at radius 3 is 2.47 bits per heavy atom. The number of aliphatic hydroxyl groups is 1. The number of aromatic nitrogens is 1. The normalized spacial score (nSPS) is 21.2. The van der Waals surface area contributed by atoms with Crippen molar-refractivity contribution in [3.05, 3.63) is 39.7 Å². The third-order valence-electron chi connectivity index (χ3n) is 7.66. The molecule has 0 saturated carbocycles. The van der Waals surface area contributed by atoms with E-state index >= 15 is 0 Å². The molecule has 5 nitrogen and oxygen atoms in total. The molecule has 1 aliphatic carbocycles. The van der Waals surface area contributed by atoms with E-state index < -0.39 is 6.04 Å². The number of hydrogen-bond donors (Lipinski definition) is 2. The first-order chi connectivity index (χ1) is 15.2. The van der Waals surface area contributed by atoms with Crippen molar-refractivity contribution in [2.24, 2.45) is 0 Å². The molecule has 1 amide bonds. The van der Waals surface area contributed by atoms with Gasteiger partial charge >= 0.3 is 0 Å². The van der Waals surface area contributed by atoms with Gasteiger partial charge in [0.1, 0.15) is 6.04 Å². The number of carbonyl (C=O) groups is 1. The van der Waals surface area contributed by atoms with Crippen LogP contribution in [0.3, 0.4) is 0 Å². The zero-order valence-corrected chi connectivity index (χ0v) is 20.9. The summed E-state index contributed by atoms with van der Waals surface area (Å²) in [5.74, 6) is 0.390. The highest BCUT2D eigenvalue weighted by Gasteiger charge is 2.37. The number of rotatable bonds is 5. The summed E-state index contributed by atoms with van der Waals surface area (Å²) in [4.78, 5) is 19.4. The Labute approximate surface area is 196 Å². The molecule has 1 unspecified atom stereocenters. The molecule has 32 heavy (non-hydrogen) atoms. The smallest absolute Gasteiger partial charge is 0.242 e. The van der Waals surface area contributed by atoms with Crippen LogP contribution < -0.4 is 5.32 Å². The van der Waals surface area contributed by atoms with Crippen LogP contribution in [0.15, 0.2) is 23.6 Å². The average molecular weight is 456 g/mol. The van der Waals surface area contributed by atoms with Crippen molar-refractivity contribution in [2.45, 2.75) is 76.2 Å². The van der Waals surface area contributed by atoms with Gasteiger partial charge in [0.25, 0.3) is 0 Å². The molecule has 1 fully saturated rings. The van der Waals surface area contributed by atoms with E-state index in [1.165, 1.54) is 34.5 Å². The standard InChI is InChI=1S/C26H37N3O2S/c1-25(2)10-11-26(3,4)20-14-18(6-7-19(20)25)22-16-32-23(28-22)17-8-12-29(13-9-17)24(31)21(15-30)27-5/h6-7,14,16-17,21,27,30H,8-13,15H2,1-5H3. The van der Waals surface area contributed by atoms with Crippen molar-refractivity contribution in [3.63, 3.8) is 0 Å². The molecule has 2 aliphatic rings. The molecule has 0 radical (unpaired) electrons. The highest BCUT2D eigenvalue weighted by Crippen LogP contribution is 2.47. The first kappa shape index (κ1) is 23.4. The second-order valence-electron chi connectivity index (χ2n) is 10.7. The summed E-state index contributed by atoms with van der Waals surface area (Å²) in [5.41, 5.74) is 5.65. The number of aliphatic hydroxyl groups excluding tert-OH is 1.